The van der Waals surface area contributed by atoms with Crippen molar-refractivity contribution in [2.24, 2.45) is 0 Å². The molecule has 0 saturated carbocycles. The Morgan fingerprint density at radius 3 is 2.94 bits per heavy atom. The fourth-order valence-electron chi connectivity index (χ4n) is 2.10. The van der Waals surface area contributed by atoms with Crippen LogP contribution < -0.4 is 0 Å². The first-order valence-electron chi connectivity index (χ1n) is 5.48. The molecule has 0 aliphatic heterocycles. The molecule has 0 unspecified atom stereocenters. The quantitative estimate of drug-likeness (QED) is 0.683. The minimum atomic E-state index is 0.680. The zero-order valence-corrected chi connectivity index (χ0v) is 12.0. The van der Waals surface area contributed by atoms with Crippen LogP contribution in [0.3, 0.4) is 0 Å². The van der Waals surface area contributed by atoms with Gasteiger partial charge in [0.15, 0.2) is 4.77 Å². The van der Waals surface area contributed by atoms with Gasteiger partial charge in [-0.25, -0.2) is 0 Å². The van der Waals surface area contributed by atoms with Crippen LogP contribution in [-0.2, 0) is 0 Å². The summed E-state index contributed by atoms with van der Waals surface area (Å²) in [6.45, 7) is 2.08. The lowest BCUT2D eigenvalue weighted by molar-refractivity contribution is 1.04. The second-order valence-electron chi connectivity index (χ2n) is 4.10. The molecule has 0 aliphatic rings. The summed E-state index contributed by atoms with van der Waals surface area (Å²) in [5, 5.41) is 0. The molecule has 1 aromatic carbocycles. The second-order valence-corrected chi connectivity index (χ2v) is 5.40. The number of H-pyrrole nitrogens is 1. The smallest absolute Gasteiger partial charge is 0.182 e. The van der Waals surface area contributed by atoms with Crippen molar-refractivity contribution in [2.75, 3.05) is 0 Å². The number of hydrogen-bond donors (Lipinski definition) is 1. The van der Waals surface area contributed by atoms with E-state index in [-0.39, 0.29) is 0 Å². The van der Waals surface area contributed by atoms with E-state index in [9.17, 15) is 0 Å². The van der Waals surface area contributed by atoms with Gasteiger partial charge in [0.2, 0.25) is 0 Å². The Balaban J connectivity index is 2.42. The number of nitrogens with zero attached hydrogens (tertiary/aromatic N) is 2. The fourth-order valence-corrected chi connectivity index (χ4v) is 2.76. The Labute approximate surface area is 118 Å². The maximum atomic E-state index is 5.40. The molecule has 0 saturated heterocycles. The first-order valence-corrected chi connectivity index (χ1v) is 6.68. The molecular formula is C13H10BrN3S. The Kier molecular flexibility index (Phi) is 2.80. The molecule has 1 N–H and O–H groups in total. The zero-order valence-electron chi connectivity index (χ0n) is 9.64. The number of hydrogen-bond acceptors (Lipinski definition) is 2. The number of aromatic nitrogens is 3. The SMILES string of the molecule is Cc1cccc2[nH]c(=S)n(-c3cncc(Br)c3)c12. The molecule has 2 aromatic heterocycles. The molecule has 0 fully saturated rings. The van der Waals surface area contributed by atoms with E-state index in [2.05, 4.69) is 38.9 Å². The van der Waals surface area contributed by atoms with Crippen LogP contribution in [0.5, 0.6) is 0 Å². The van der Waals surface area contributed by atoms with Crippen molar-refractivity contribution in [3.05, 3.63) is 51.5 Å². The third kappa shape index (κ3) is 1.79. The monoisotopic (exact) mass is 319 g/mol. The molecule has 0 aliphatic carbocycles. The number of fused-ring (bicyclic) bond motifs is 1. The van der Waals surface area contributed by atoms with Crippen molar-refractivity contribution in [3.63, 3.8) is 0 Å². The third-order valence-electron chi connectivity index (χ3n) is 2.85. The van der Waals surface area contributed by atoms with E-state index in [1.807, 2.05) is 22.8 Å². The van der Waals surface area contributed by atoms with Crippen LogP contribution in [0.25, 0.3) is 16.7 Å². The van der Waals surface area contributed by atoms with Gasteiger partial charge in [-0.2, -0.15) is 0 Å². The van der Waals surface area contributed by atoms with Gasteiger partial charge in [0, 0.05) is 10.7 Å². The van der Waals surface area contributed by atoms with Gasteiger partial charge < -0.3 is 4.98 Å². The molecule has 90 valence electrons. The van der Waals surface area contributed by atoms with Crippen LogP contribution in [0.4, 0.5) is 0 Å². The summed E-state index contributed by atoms with van der Waals surface area (Å²) in [5.41, 5.74) is 4.28. The average Bonchev–Trinajstić information content (AvgIpc) is 2.67. The van der Waals surface area contributed by atoms with Crippen molar-refractivity contribution in [1.29, 1.82) is 0 Å². The number of aryl methyl sites for hydroxylation is 1. The summed E-state index contributed by atoms with van der Waals surface area (Å²) in [4.78, 5) is 7.41. The van der Waals surface area contributed by atoms with Crippen LogP contribution in [0, 0.1) is 11.7 Å². The van der Waals surface area contributed by atoms with E-state index in [4.69, 9.17) is 12.2 Å². The van der Waals surface area contributed by atoms with E-state index in [0.29, 0.717) is 4.77 Å². The van der Waals surface area contributed by atoms with Gasteiger partial charge in [0.1, 0.15) is 0 Å². The molecule has 3 nitrogen and oxygen atoms in total. The van der Waals surface area contributed by atoms with Crippen molar-refractivity contribution in [1.82, 2.24) is 14.5 Å². The van der Waals surface area contributed by atoms with Crippen LogP contribution in [0.15, 0.2) is 41.1 Å². The zero-order chi connectivity index (χ0) is 12.7. The lowest BCUT2D eigenvalue weighted by Crippen LogP contribution is -1.96. The number of aromatic amines is 1. The molecule has 18 heavy (non-hydrogen) atoms. The topological polar surface area (TPSA) is 33.6 Å². The van der Waals surface area contributed by atoms with Crippen molar-refractivity contribution >= 4 is 39.2 Å². The molecule has 5 heteroatoms. The van der Waals surface area contributed by atoms with E-state index >= 15 is 0 Å². The minimum absolute atomic E-state index is 0.680. The molecule has 0 amide bonds. The van der Waals surface area contributed by atoms with Crippen LogP contribution in [-0.4, -0.2) is 14.5 Å². The van der Waals surface area contributed by atoms with Gasteiger partial charge in [-0.15, -0.1) is 0 Å². The van der Waals surface area contributed by atoms with Crippen molar-refractivity contribution in [3.8, 4) is 5.69 Å². The summed E-state index contributed by atoms with van der Waals surface area (Å²) in [6, 6.07) is 8.13. The first-order chi connectivity index (χ1) is 8.66. The molecule has 2 heterocycles. The molecule has 0 atom stereocenters. The summed E-state index contributed by atoms with van der Waals surface area (Å²) in [6.07, 6.45) is 3.56. The summed E-state index contributed by atoms with van der Waals surface area (Å²) < 4.78 is 3.63. The maximum Gasteiger partial charge on any atom is 0.182 e. The lowest BCUT2D eigenvalue weighted by atomic mass is 10.2. The van der Waals surface area contributed by atoms with Gasteiger partial charge >= 0.3 is 0 Å². The van der Waals surface area contributed by atoms with Gasteiger partial charge in [-0.1, -0.05) is 12.1 Å². The highest BCUT2D eigenvalue weighted by atomic mass is 79.9. The van der Waals surface area contributed by atoms with Crippen molar-refractivity contribution < 1.29 is 0 Å². The van der Waals surface area contributed by atoms with Gasteiger partial charge in [-0.05, 0) is 52.8 Å². The molecule has 0 radical (unpaired) electrons. The Morgan fingerprint density at radius 1 is 1.33 bits per heavy atom. The van der Waals surface area contributed by atoms with Gasteiger partial charge in [0.25, 0.3) is 0 Å². The van der Waals surface area contributed by atoms with Crippen LogP contribution in [0.1, 0.15) is 5.56 Å². The molecule has 0 bridgehead atoms. The number of pyridine rings is 1. The van der Waals surface area contributed by atoms with E-state index < -0.39 is 0 Å². The first kappa shape index (κ1) is 11.6. The third-order valence-corrected chi connectivity index (χ3v) is 3.57. The summed E-state index contributed by atoms with van der Waals surface area (Å²) in [5.74, 6) is 0. The normalized spacial score (nSPS) is 11.0. The highest BCUT2D eigenvalue weighted by molar-refractivity contribution is 9.10. The highest BCUT2D eigenvalue weighted by Gasteiger charge is 2.08. The largest absolute Gasteiger partial charge is 0.330 e. The highest BCUT2D eigenvalue weighted by Crippen LogP contribution is 2.23. The number of imidazole rings is 1. The van der Waals surface area contributed by atoms with Crippen LogP contribution in [0.2, 0.25) is 0 Å². The number of rotatable bonds is 1. The van der Waals surface area contributed by atoms with Gasteiger partial charge in [-0.3, -0.25) is 9.55 Å². The predicted molar refractivity (Wildman–Crippen MR) is 78.7 cm³/mol. The Morgan fingerprint density at radius 2 is 2.17 bits per heavy atom. The predicted octanol–water partition coefficient (Wildman–Crippen LogP) is 4.15. The van der Waals surface area contributed by atoms with E-state index in [1.54, 1.807) is 12.4 Å². The van der Waals surface area contributed by atoms with Crippen molar-refractivity contribution in [2.45, 2.75) is 6.92 Å². The molecule has 3 aromatic rings. The fraction of sp³-hybridized carbons (Fsp3) is 0.0769. The van der Waals surface area contributed by atoms with E-state index in [0.717, 1.165) is 21.2 Å². The second kappa shape index (κ2) is 4.33. The molecule has 0 spiro atoms. The minimum Gasteiger partial charge on any atom is -0.330 e. The Hall–Kier alpha value is -1.46. The number of halogens is 1. The summed E-state index contributed by atoms with van der Waals surface area (Å²) >= 11 is 8.84. The number of nitrogens with one attached hydrogen (secondary N) is 1. The standard InChI is InChI=1S/C13H10BrN3S/c1-8-3-2-4-11-12(8)17(13(18)16-11)10-5-9(14)6-15-7-10/h2-7H,1H3,(H,16,18). The summed E-state index contributed by atoms with van der Waals surface area (Å²) in [7, 11) is 0. The van der Waals surface area contributed by atoms with Gasteiger partial charge in [0.05, 0.1) is 22.9 Å². The molecule has 3 rings (SSSR count). The van der Waals surface area contributed by atoms with Crippen LogP contribution >= 0.6 is 28.1 Å². The lowest BCUT2D eigenvalue weighted by Gasteiger charge is -2.06. The number of benzene rings is 1. The average molecular weight is 320 g/mol. The maximum absolute atomic E-state index is 5.40. The van der Waals surface area contributed by atoms with E-state index in [1.165, 1.54) is 5.56 Å². The Bertz CT molecular complexity index is 788. The number of para-hydroxylation sites is 1. The molecular weight excluding hydrogens is 310 g/mol.